The molecule has 2 heterocycles. The highest BCUT2D eigenvalue weighted by Crippen LogP contribution is 2.55. The zero-order valence-electron chi connectivity index (χ0n) is 20.5. The number of aromatic nitrogens is 1. The molecule has 0 spiro atoms. The van der Waals surface area contributed by atoms with Crippen LogP contribution in [0.3, 0.4) is 0 Å². The average molecular weight is 525 g/mol. The van der Waals surface area contributed by atoms with Crippen LogP contribution < -0.4 is 4.31 Å². The molecular weight excluding hydrogens is 495 g/mol. The van der Waals surface area contributed by atoms with Gasteiger partial charge in [0.2, 0.25) is 0 Å². The van der Waals surface area contributed by atoms with E-state index in [0.717, 1.165) is 22.2 Å². The first-order chi connectivity index (χ1) is 17.3. The zero-order chi connectivity index (χ0) is 25.5. The van der Waals surface area contributed by atoms with Gasteiger partial charge in [0.25, 0.3) is 10.0 Å². The van der Waals surface area contributed by atoms with Crippen molar-refractivity contribution in [3.8, 4) is 5.69 Å². The van der Waals surface area contributed by atoms with Gasteiger partial charge in [-0.25, -0.2) is 8.42 Å². The first-order valence-electron chi connectivity index (χ1n) is 12.0. The molecule has 0 aliphatic carbocycles. The average Bonchev–Trinajstić information content (AvgIpc) is 3.25. The summed E-state index contributed by atoms with van der Waals surface area (Å²) >= 11 is 0. The van der Waals surface area contributed by atoms with Crippen molar-refractivity contribution in [1.82, 2.24) is 4.57 Å². The molecule has 9 heteroatoms. The summed E-state index contributed by atoms with van der Waals surface area (Å²) in [7, 11) is -7.66. The number of hydrogen-bond acceptors (Lipinski definition) is 5. The molecule has 4 aromatic rings. The summed E-state index contributed by atoms with van der Waals surface area (Å²) in [4.78, 5) is 0.167. The third-order valence-electron chi connectivity index (χ3n) is 6.35. The van der Waals surface area contributed by atoms with Gasteiger partial charge in [-0.15, -0.1) is 0 Å². The molecule has 188 valence electrons. The molecule has 0 radical (unpaired) electrons. The van der Waals surface area contributed by atoms with Crippen molar-refractivity contribution in [2.75, 3.05) is 23.7 Å². The van der Waals surface area contributed by atoms with Crippen molar-refractivity contribution in [2.24, 2.45) is 0 Å². The maximum Gasteiger partial charge on any atom is 0.333 e. The molecule has 0 fully saturated rings. The van der Waals surface area contributed by atoms with Gasteiger partial charge in [0.15, 0.2) is 0 Å². The first kappa shape index (κ1) is 24.8. The lowest BCUT2D eigenvalue weighted by Gasteiger charge is -2.39. The lowest BCUT2D eigenvalue weighted by Crippen LogP contribution is -2.41. The molecule has 1 aliphatic heterocycles. The highest BCUT2D eigenvalue weighted by atomic mass is 32.2. The minimum atomic E-state index is -4.04. The molecule has 0 saturated carbocycles. The van der Waals surface area contributed by atoms with Crippen LogP contribution in [0.2, 0.25) is 0 Å². The van der Waals surface area contributed by atoms with Gasteiger partial charge in [0, 0.05) is 11.1 Å². The van der Waals surface area contributed by atoms with E-state index >= 15 is 0 Å². The molecule has 7 nitrogen and oxygen atoms in total. The van der Waals surface area contributed by atoms with E-state index in [4.69, 9.17) is 9.05 Å². The van der Waals surface area contributed by atoms with Crippen LogP contribution in [0, 0.1) is 6.92 Å². The fourth-order valence-electron chi connectivity index (χ4n) is 4.85. The van der Waals surface area contributed by atoms with Crippen molar-refractivity contribution >= 4 is 34.2 Å². The molecule has 1 atom stereocenters. The molecule has 0 amide bonds. The minimum Gasteiger partial charge on any atom is -0.309 e. The number of nitrogens with zero attached hydrogens (tertiary/aromatic N) is 2. The Labute approximate surface area is 211 Å². The first-order valence-corrected chi connectivity index (χ1v) is 15.1. The summed E-state index contributed by atoms with van der Waals surface area (Å²) in [5.74, 6) is 0. The summed E-state index contributed by atoms with van der Waals surface area (Å²) in [6.07, 6.45) is -0.121. The van der Waals surface area contributed by atoms with Gasteiger partial charge in [0.05, 0.1) is 47.2 Å². The Kier molecular flexibility index (Phi) is 6.55. The second-order valence-electron chi connectivity index (χ2n) is 8.71. The smallest absolute Gasteiger partial charge is 0.309 e. The van der Waals surface area contributed by atoms with E-state index in [0.29, 0.717) is 11.4 Å². The van der Waals surface area contributed by atoms with E-state index < -0.39 is 23.7 Å². The van der Waals surface area contributed by atoms with Crippen LogP contribution in [0.25, 0.3) is 16.6 Å². The molecule has 0 saturated heterocycles. The quantitative estimate of drug-likeness (QED) is 0.247. The van der Waals surface area contributed by atoms with Gasteiger partial charge in [0.1, 0.15) is 0 Å². The predicted molar refractivity (Wildman–Crippen MR) is 143 cm³/mol. The van der Waals surface area contributed by atoms with Crippen molar-refractivity contribution < 1.29 is 22.0 Å². The normalized spacial score (nSPS) is 15.6. The van der Waals surface area contributed by atoms with Crippen molar-refractivity contribution in [3.63, 3.8) is 0 Å². The van der Waals surface area contributed by atoms with Crippen molar-refractivity contribution in [1.29, 1.82) is 0 Å². The second-order valence-corrected chi connectivity index (χ2v) is 12.6. The van der Waals surface area contributed by atoms with Crippen LogP contribution in [0.4, 0.5) is 5.69 Å². The van der Waals surface area contributed by atoms with E-state index in [2.05, 4.69) is 4.57 Å². The molecule has 1 aliphatic rings. The highest BCUT2D eigenvalue weighted by Gasteiger charge is 2.44. The van der Waals surface area contributed by atoms with Gasteiger partial charge in [-0.1, -0.05) is 48.0 Å². The molecule has 0 bridgehead atoms. The number of rotatable bonds is 8. The van der Waals surface area contributed by atoms with Crippen LogP contribution in [0.1, 0.15) is 31.1 Å². The number of fused-ring (bicyclic) bond motifs is 5. The van der Waals surface area contributed by atoms with Gasteiger partial charge >= 0.3 is 7.60 Å². The van der Waals surface area contributed by atoms with Gasteiger partial charge in [-0.2, -0.15) is 0 Å². The number of hydrogen-bond donors (Lipinski definition) is 0. The topological polar surface area (TPSA) is 77.8 Å². The maximum atomic E-state index is 14.2. The number of benzene rings is 3. The summed E-state index contributed by atoms with van der Waals surface area (Å²) in [5, 5.41) is 0.963. The van der Waals surface area contributed by atoms with E-state index in [1.54, 1.807) is 44.2 Å². The second kappa shape index (κ2) is 9.52. The van der Waals surface area contributed by atoms with Crippen LogP contribution in [-0.2, 0) is 23.6 Å². The fourth-order valence-corrected chi connectivity index (χ4v) is 8.45. The van der Waals surface area contributed by atoms with Gasteiger partial charge < -0.3 is 13.6 Å². The van der Waals surface area contributed by atoms with E-state index in [9.17, 15) is 13.0 Å². The van der Waals surface area contributed by atoms with E-state index in [1.165, 1.54) is 4.31 Å². The Hall–Kier alpha value is -2.90. The largest absolute Gasteiger partial charge is 0.333 e. The van der Waals surface area contributed by atoms with E-state index in [1.807, 2.05) is 55.5 Å². The molecule has 1 aromatic heterocycles. The molecule has 36 heavy (non-hydrogen) atoms. The Morgan fingerprint density at radius 2 is 1.47 bits per heavy atom. The van der Waals surface area contributed by atoms with Gasteiger partial charge in [-0.3, -0.25) is 8.87 Å². The number of para-hydroxylation sites is 3. The van der Waals surface area contributed by atoms with Crippen molar-refractivity contribution in [2.45, 2.75) is 31.7 Å². The molecule has 0 N–H and O–H groups in total. The lowest BCUT2D eigenvalue weighted by atomic mass is 10.1. The van der Waals surface area contributed by atoms with Crippen LogP contribution >= 0.6 is 7.60 Å². The summed E-state index contributed by atoms with van der Waals surface area (Å²) in [6.45, 7) is 5.79. The predicted octanol–water partition coefficient (Wildman–Crippen LogP) is 6.46. The van der Waals surface area contributed by atoms with Crippen LogP contribution in [0.15, 0.2) is 83.8 Å². The number of aryl methyl sites for hydroxylation is 1. The van der Waals surface area contributed by atoms with Gasteiger partial charge in [-0.05, 0) is 57.2 Å². The summed E-state index contributed by atoms with van der Waals surface area (Å²) in [6, 6.07) is 23.2. The molecule has 3 aromatic carbocycles. The Balaban J connectivity index is 1.79. The Morgan fingerprint density at radius 3 is 2.14 bits per heavy atom. The zero-order valence-corrected chi connectivity index (χ0v) is 22.2. The standard InChI is InChI=1S/C27H29N2O5PS/c1-4-33-35(30,34-5-2)19-27-26-18-21-10-6-7-11-23(21)28(26)24-12-8-9-13-25(24)29(27)36(31,32)22-16-14-20(3)15-17-22/h6-18,27H,4-5,19H2,1-3H3. The van der Waals surface area contributed by atoms with Crippen molar-refractivity contribution in [3.05, 3.63) is 90.1 Å². The molecular formula is C27H29N2O5PS. The van der Waals surface area contributed by atoms with Crippen LogP contribution in [-0.4, -0.2) is 32.4 Å². The summed E-state index contributed by atoms with van der Waals surface area (Å²) < 4.78 is 57.0. The Morgan fingerprint density at radius 1 is 0.861 bits per heavy atom. The van der Waals surface area contributed by atoms with E-state index in [-0.39, 0.29) is 24.3 Å². The number of anilines is 1. The maximum absolute atomic E-state index is 14.2. The minimum absolute atomic E-state index is 0.121. The molecule has 1 unspecified atom stereocenters. The third kappa shape index (κ3) is 4.18. The fraction of sp³-hybridized carbons (Fsp3) is 0.259. The molecule has 5 rings (SSSR count). The SMILES string of the molecule is CCOP(=O)(CC1c2cc3ccccc3n2-c2ccccc2N1S(=O)(=O)c1ccc(C)cc1)OCC. The lowest BCUT2D eigenvalue weighted by molar-refractivity contribution is 0.218. The summed E-state index contributed by atoms with van der Waals surface area (Å²) in [5.41, 5.74) is 3.87. The monoisotopic (exact) mass is 524 g/mol. The third-order valence-corrected chi connectivity index (χ3v) is 10.3. The Bertz CT molecular complexity index is 1550. The number of sulfonamides is 1. The highest BCUT2D eigenvalue weighted by molar-refractivity contribution is 7.92. The van der Waals surface area contributed by atoms with Crippen LogP contribution in [0.5, 0.6) is 0 Å².